The summed E-state index contributed by atoms with van der Waals surface area (Å²) in [4.78, 5) is 3.34. The van der Waals surface area contributed by atoms with Crippen molar-refractivity contribution in [3.05, 3.63) is 11.8 Å². The monoisotopic (exact) mass is 248 g/mol. The first-order chi connectivity index (χ1) is 7.92. The number of hydrogen-bond donors (Lipinski definition) is 0. The van der Waals surface area contributed by atoms with Gasteiger partial charge in [-0.05, 0) is 0 Å². The molecule has 8 heteroatoms. The van der Waals surface area contributed by atoms with E-state index in [1.807, 2.05) is 0 Å². The maximum absolute atomic E-state index is 12.1. The van der Waals surface area contributed by atoms with Gasteiger partial charge in [0.05, 0.1) is 20.4 Å². The highest BCUT2D eigenvalue weighted by atomic mass is 19.4. The zero-order chi connectivity index (χ0) is 13.1. The van der Waals surface area contributed by atoms with Crippen molar-refractivity contribution in [1.82, 2.24) is 4.98 Å². The first-order valence-electron chi connectivity index (χ1n) is 4.19. The number of nitriles is 1. The fourth-order valence-electron chi connectivity index (χ4n) is 1.10. The maximum Gasteiger partial charge on any atom is 0.574 e. The first kappa shape index (κ1) is 12.9. The lowest BCUT2D eigenvalue weighted by atomic mass is 10.2. The van der Waals surface area contributed by atoms with E-state index in [9.17, 15) is 13.2 Å². The average Bonchev–Trinajstić information content (AvgIpc) is 2.26. The molecule has 5 nitrogen and oxygen atoms in total. The molecular weight excluding hydrogens is 241 g/mol. The van der Waals surface area contributed by atoms with Crippen LogP contribution in [0.25, 0.3) is 0 Å². The molecule has 1 heterocycles. The van der Waals surface area contributed by atoms with Gasteiger partial charge in [0.15, 0.2) is 5.75 Å². The second kappa shape index (κ2) is 4.78. The molecule has 0 aliphatic carbocycles. The molecule has 0 bridgehead atoms. The molecule has 92 valence electrons. The van der Waals surface area contributed by atoms with Crippen LogP contribution >= 0.6 is 0 Å². The molecule has 0 radical (unpaired) electrons. The molecule has 0 aliphatic rings. The first-order valence-corrected chi connectivity index (χ1v) is 4.19. The minimum absolute atomic E-state index is 0.0566. The molecule has 0 fully saturated rings. The number of aromatic nitrogens is 1. The van der Waals surface area contributed by atoms with Crippen LogP contribution in [0.2, 0.25) is 0 Å². The van der Waals surface area contributed by atoms with Gasteiger partial charge in [0.1, 0.15) is 11.6 Å². The number of hydrogen-bond acceptors (Lipinski definition) is 5. The average molecular weight is 248 g/mol. The lowest BCUT2D eigenvalue weighted by Crippen LogP contribution is -2.18. The topological polar surface area (TPSA) is 64.4 Å². The van der Waals surface area contributed by atoms with Crippen LogP contribution < -0.4 is 14.2 Å². The third-order valence-corrected chi connectivity index (χ3v) is 1.70. The lowest BCUT2D eigenvalue weighted by Gasteiger charge is -2.14. The fourth-order valence-corrected chi connectivity index (χ4v) is 1.10. The summed E-state index contributed by atoms with van der Waals surface area (Å²) in [5.41, 5.74) is -0.0566. The molecule has 0 amide bonds. The van der Waals surface area contributed by atoms with E-state index >= 15 is 0 Å². The minimum Gasteiger partial charge on any atom is -0.491 e. The van der Waals surface area contributed by atoms with Crippen LogP contribution in [-0.4, -0.2) is 25.6 Å². The highest BCUT2D eigenvalue weighted by molar-refractivity contribution is 5.55. The zero-order valence-electron chi connectivity index (χ0n) is 8.83. The Kier molecular flexibility index (Phi) is 3.62. The van der Waals surface area contributed by atoms with Gasteiger partial charge in [0.25, 0.3) is 5.88 Å². The van der Waals surface area contributed by atoms with E-state index in [-0.39, 0.29) is 17.1 Å². The Balaban J connectivity index is 3.30. The van der Waals surface area contributed by atoms with E-state index in [1.165, 1.54) is 7.11 Å². The third kappa shape index (κ3) is 2.90. The molecular formula is C9H7F3N2O3. The van der Waals surface area contributed by atoms with E-state index in [0.717, 1.165) is 13.3 Å². The number of ether oxygens (including phenoxy) is 3. The van der Waals surface area contributed by atoms with Gasteiger partial charge in [-0.25, -0.2) is 4.98 Å². The number of nitrogens with zero attached hydrogens (tertiary/aromatic N) is 2. The Bertz CT molecular complexity index is 454. The molecule has 0 aromatic carbocycles. The van der Waals surface area contributed by atoms with Crippen molar-refractivity contribution in [3.63, 3.8) is 0 Å². The fraction of sp³-hybridized carbons (Fsp3) is 0.333. The summed E-state index contributed by atoms with van der Waals surface area (Å²) in [6.07, 6.45) is -4.00. The van der Waals surface area contributed by atoms with E-state index < -0.39 is 12.2 Å². The Labute approximate surface area is 94.3 Å². The van der Waals surface area contributed by atoms with Gasteiger partial charge in [0.2, 0.25) is 5.75 Å². The van der Waals surface area contributed by atoms with Crippen molar-refractivity contribution in [2.45, 2.75) is 6.36 Å². The van der Waals surface area contributed by atoms with E-state index in [1.54, 1.807) is 6.07 Å². The van der Waals surface area contributed by atoms with Gasteiger partial charge in [-0.1, -0.05) is 0 Å². The van der Waals surface area contributed by atoms with Crippen LogP contribution in [0, 0.1) is 11.3 Å². The van der Waals surface area contributed by atoms with Gasteiger partial charge in [0, 0.05) is 0 Å². The molecule has 0 aliphatic heterocycles. The van der Waals surface area contributed by atoms with Gasteiger partial charge in [-0.2, -0.15) is 5.26 Å². The van der Waals surface area contributed by atoms with Crippen LogP contribution in [0.1, 0.15) is 5.56 Å². The lowest BCUT2D eigenvalue weighted by molar-refractivity contribution is -0.276. The highest BCUT2D eigenvalue weighted by Crippen LogP contribution is 2.39. The van der Waals surface area contributed by atoms with Crippen LogP contribution in [-0.2, 0) is 0 Å². The SMILES string of the molecule is COc1c(C#N)cnc(OC(F)(F)F)c1OC. The van der Waals surface area contributed by atoms with Gasteiger partial charge in [-0.3, -0.25) is 0 Å². The van der Waals surface area contributed by atoms with E-state index in [4.69, 9.17) is 14.7 Å². The van der Waals surface area contributed by atoms with Crippen LogP contribution in [0.3, 0.4) is 0 Å². The molecule has 1 aromatic rings. The molecule has 17 heavy (non-hydrogen) atoms. The second-order valence-corrected chi connectivity index (χ2v) is 2.70. The normalized spacial score (nSPS) is 10.6. The molecule has 1 aromatic heterocycles. The van der Waals surface area contributed by atoms with Gasteiger partial charge >= 0.3 is 6.36 Å². The molecule has 0 saturated carbocycles. The summed E-state index contributed by atoms with van der Waals surface area (Å²) in [5, 5.41) is 8.70. The highest BCUT2D eigenvalue weighted by Gasteiger charge is 2.34. The van der Waals surface area contributed by atoms with Crippen molar-refractivity contribution in [2.75, 3.05) is 14.2 Å². The maximum atomic E-state index is 12.1. The van der Waals surface area contributed by atoms with Crippen molar-refractivity contribution in [1.29, 1.82) is 5.26 Å². The smallest absolute Gasteiger partial charge is 0.491 e. The molecule has 0 atom stereocenters. The second-order valence-electron chi connectivity index (χ2n) is 2.70. The number of halogens is 3. The molecule has 0 N–H and O–H groups in total. The standard InChI is InChI=1S/C9H7F3N2O3/c1-15-6-5(3-13)4-14-8(7(6)16-2)17-9(10,11)12/h4H,1-2H3. The van der Waals surface area contributed by atoms with Crippen molar-refractivity contribution >= 4 is 0 Å². The Morgan fingerprint density at radius 3 is 2.24 bits per heavy atom. The van der Waals surface area contributed by atoms with Crippen LogP contribution in [0.15, 0.2) is 6.20 Å². The van der Waals surface area contributed by atoms with Gasteiger partial charge in [-0.15, -0.1) is 13.2 Å². The molecule has 1 rings (SSSR count). The predicted octanol–water partition coefficient (Wildman–Crippen LogP) is 1.87. The molecule has 0 unspecified atom stereocenters. The Morgan fingerprint density at radius 2 is 1.82 bits per heavy atom. The quantitative estimate of drug-likeness (QED) is 0.816. The number of methoxy groups -OCH3 is 2. The number of alkyl halides is 3. The van der Waals surface area contributed by atoms with Crippen molar-refractivity contribution in [2.24, 2.45) is 0 Å². The van der Waals surface area contributed by atoms with Gasteiger partial charge < -0.3 is 14.2 Å². The Hall–Kier alpha value is -2.17. The summed E-state index contributed by atoms with van der Waals surface area (Å²) in [7, 11) is 2.31. The zero-order valence-corrected chi connectivity index (χ0v) is 8.83. The molecule has 0 spiro atoms. The van der Waals surface area contributed by atoms with Crippen molar-refractivity contribution in [3.8, 4) is 23.4 Å². The van der Waals surface area contributed by atoms with E-state index in [2.05, 4.69) is 9.72 Å². The predicted molar refractivity (Wildman–Crippen MR) is 48.7 cm³/mol. The summed E-state index contributed by atoms with van der Waals surface area (Å²) >= 11 is 0. The van der Waals surface area contributed by atoms with Crippen LogP contribution in [0.4, 0.5) is 13.2 Å². The summed E-state index contributed by atoms with van der Waals surface area (Å²) in [5.74, 6) is -1.36. The molecule has 0 saturated heterocycles. The number of pyridine rings is 1. The van der Waals surface area contributed by atoms with Crippen molar-refractivity contribution < 1.29 is 27.4 Å². The van der Waals surface area contributed by atoms with E-state index in [0.29, 0.717) is 0 Å². The largest absolute Gasteiger partial charge is 0.574 e. The third-order valence-electron chi connectivity index (χ3n) is 1.70. The Morgan fingerprint density at radius 1 is 1.24 bits per heavy atom. The van der Waals surface area contributed by atoms with Crippen LogP contribution in [0.5, 0.6) is 17.4 Å². The summed E-state index contributed by atoms with van der Waals surface area (Å²) < 4.78 is 49.3. The summed E-state index contributed by atoms with van der Waals surface area (Å²) in [6, 6.07) is 1.71. The minimum atomic E-state index is -4.90. The number of rotatable bonds is 3. The summed E-state index contributed by atoms with van der Waals surface area (Å²) in [6.45, 7) is 0.